The van der Waals surface area contributed by atoms with Gasteiger partial charge in [0.25, 0.3) is 0 Å². The average molecular weight is 479 g/mol. The molecule has 2 fully saturated rings. The average Bonchev–Trinajstić information content (AvgIpc) is 3.65. The molecule has 0 atom stereocenters. The summed E-state index contributed by atoms with van der Waals surface area (Å²) < 4.78 is 0.932. The fourth-order valence-corrected chi connectivity index (χ4v) is 4.23. The lowest BCUT2D eigenvalue weighted by Crippen LogP contribution is -2.45. The van der Waals surface area contributed by atoms with Crippen LogP contribution in [0.2, 0.25) is 0 Å². The molecule has 1 aliphatic carbocycles. The number of Topliss-reactive ketones (excluding diaryl/α,β-unsaturated/α-hetero) is 1. The van der Waals surface area contributed by atoms with Crippen LogP contribution in [0, 0.1) is 5.92 Å². The van der Waals surface area contributed by atoms with Gasteiger partial charge in [0.05, 0.1) is 28.7 Å². The van der Waals surface area contributed by atoms with Crippen molar-refractivity contribution >= 4 is 56.2 Å². The van der Waals surface area contributed by atoms with Crippen LogP contribution in [0.1, 0.15) is 23.2 Å². The summed E-state index contributed by atoms with van der Waals surface area (Å²) in [6.45, 7) is 2.77. The highest BCUT2D eigenvalue weighted by molar-refractivity contribution is 9.10. The van der Waals surface area contributed by atoms with Crippen LogP contribution in [0.25, 0.3) is 10.9 Å². The monoisotopic (exact) mass is 478 g/mol. The van der Waals surface area contributed by atoms with Gasteiger partial charge in [0.1, 0.15) is 5.82 Å². The van der Waals surface area contributed by atoms with E-state index in [0.29, 0.717) is 18.7 Å². The molecule has 5 rings (SSSR count). The Morgan fingerprint density at radius 2 is 1.87 bits per heavy atom. The van der Waals surface area contributed by atoms with Gasteiger partial charge in [0.2, 0.25) is 0 Å². The van der Waals surface area contributed by atoms with E-state index >= 15 is 0 Å². The summed E-state index contributed by atoms with van der Waals surface area (Å²) in [6, 6.07) is 9.80. The van der Waals surface area contributed by atoms with Gasteiger partial charge in [-0.25, -0.2) is 4.98 Å². The van der Waals surface area contributed by atoms with Crippen LogP contribution in [0.3, 0.4) is 0 Å². The molecule has 1 radical (unpaired) electrons. The van der Waals surface area contributed by atoms with Gasteiger partial charge < -0.3 is 15.1 Å². The minimum absolute atomic E-state index is 0.106. The largest absolute Gasteiger partial charge is 0.353 e. The summed E-state index contributed by atoms with van der Waals surface area (Å²) in [5.74, 6) is 1.12. The molecule has 31 heavy (non-hydrogen) atoms. The highest BCUT2D eigenvalue weighted by atomic mass is 79.9. The van der Waals surface area contributed by atoms with Gasteiger partial charge in [0.15, 0.2) is 5.78 Å². The maximum absolute atomic E-state index is 12.9. The van der Waals surface area contributed by atoms with Crippen LogP contribution in [-0.2, 0) is 4.79 Å². The smallest absolute Gasteiger partial charge is 0.312 e. The van der Waals surface area contributed by atoms with E-state index in [4.69, 9.17) is 0 Å². The quantitative estimate of drug-likeness (QED) is 0.541. The van der Waals surface area contributed by atoms with E-state index in [0.717, 1.165) is 58.5 Å². The van der Waals surface area contributed by atoms with Gasteiger partial charge in [-0.1, -0.05) is 15.9 Å². The van der Waals surface area contributed by atoms with E-state index in [9.17, 15) is 9.59 Å². The van der Waals surface area contributed by atoms with Gasteiger partial charge in [0, 0.05) is 48.2 Å². The maximum Gasteiger partial charge on any atom is 0.312 e. The zero-order valence-electron chi connectivity index (χ0n) is 16.8. The van der Waals surface area contributed by atoms with Crippen molar-refractivity contribution in [3.05, 3.63) is 52.8 Å². The third-order valence-corrected chi connectivity index (χ3v) is 6.29. The van der Waals surface area contributed by atoms with Gasteiger partial charge in [-0.05, 0) is 43.2 Å². The fraction of sp³-hybridized carbons (Fsp3) is 0.304. The predicted molar refractivity (Wildman–Crippen MR) is 123 cm³/mol. The van der Waals surface area contributed by atoms with E-state index in [1.165, 1.54) is 0 Å². The molecule has 1 N–H and O–H groups in total. The second-order valence-electron chi connectivity index (χ2n) is 7.94. The minimum atomic E-state index is 0.106. The Hall–Kier alpha value is -3.00. The van der Waals surface area contributed by atoms with Crippen LogP contribution >= 0.6 is 15.9 Å². The Kier molecular flexibility index (Phi) is 5.31. The number of nitrogens with one attached hydrogen (secondary N) is 1. The van der Waals surface area contributed by atoms with E-state index in [1.54, 1.807) is 17.3 Å². The van der Waals surface area contributed by atoms with Crippen molar-refractivity contribution in [2.45, 2.75) is 12.8 Å². The number of piperazine rings is 1. The Morgan fingerprint density at radius 1 is 1.06 bits per heavy atom. The van der Waals surface area contributed by atoms with Crippen LogP contribution in [-0.4, -0.2) is 53.2 Å². The van der Waals surface area contributed by atoms with Crippen molar-refractivity contribution in [2.24, 2.45) is 5.92 Å². The van der Waals surface area contributed by atoms with E-state index in [2.05, 4.69) is 36.1 Å². The number of pyridine rings is 2. The number of carbonyl (C=O) groups is 1. The third kappa shape index (κ3) is 4.12. The summed E-state index contributed by atoms with van der Waals surface area (Å²) in [5.41, 5.74) is 3.03. The standard InChI is InChI=1S/C23H21BrN5O2/c24-16-3-5-20-18(11-16)22(19(13-25-20)23(31)15-1-2-15)27-17-4-6-21(26-12-17)29-9-7-28(14-30)8-10-29/h3-6,11-13,15H,1-2,7-10H2,(H,25,27). The molecule has 0 unspecified atom stereocenters. The number of halogens is 1. The number of ketones is 1. The zero-order chi connectivity index (χ0) is 21.4. The molecular formula is C23H21BrN5O2. The van der Waals surface area contributed by atoms with Crippen molar-refractivity contribution in [2.75, 3.05) is 36.4 Å². The van der Waals surface area contributed by atoms with Crippen LogP contribution in [0.15, 0.2) is 47.2 Å². The molecule has 3 aromatic rings. The molecule has 8 heteroatoms. The number of hydrogen-bond acceptors (Lipinski definition) is 6. The van der Waals surface area contributed by atoms with Crippen molar-refractivity contribution in [3.8, 4) is 0 Å². The normalized spacial score (nSPS) is 16.4. The fourth-order valence-electron chi connectivity index (χ4n) is 3.87. The highest BCUT2D eigenvalue weighted by Gasteiger charge is 2.32. The van der Waals surface area contributed by atoms with Gasteiger partial charge in [-0.15, -0.1) is 0 Å². The molecular weight excluding hydrogens is 458 g/mol. The molecule has 1 aromatic carbocycles. The Bertz CT molecular complexity index is 1140. The van der Waals surface area contributed by atoms with Crippen molar-refractivity contribution in [1.82, 2.24) is 14.9 Å². The van der Waals surface area contributed by atoms with Crippen molar-refractivity contribution in [3.63, 3.8) is 0 Å². The van der Waals surface area contributed by atoms with E-state index in [-0.39, 0.29) is 11.7 Å². The number of anilines is 3. The first kappa shape index (κ1) is 19.9. The molecule has 0 spiro atoms. The maximum atomic E-state index is 12.9. The third-order valence-electron chi connectivity index (χ3n) is 5.79. The van der Waals surface area contributed by atoms with Crippen molar-refractivity contribution in [1.29, 1.82) is 0 Å². The molecule has 2 aliphatic rings. The topological polar surface area (TPSA) is 78.4 Å². The summed E-state index contributed by atoms with van der Waals surface area (Å²) >= 11 is 3.53. The summed E-state index contributed by atoms with van der Waals surface area (Å²) in [5, 5.41) is 4.33. The molecule has 157 valence electrons. The Balaban J connectivity index is 1.44. The number of rotatable bonds is 6. The van der Waals surface area contributed by atoms with Crippen LogP contribution < -0.4 is 10.2 Å². The lowest BCUT2D eigenvalue weighted by molar-refractivity contribution is 0.0968. The molecule has 1 saturated heterocycles. The number of nitrogens with zero attached hydrogens (tertiary/aromatic N) is 4. The molecule has 1 amide bonds. The minimum Gasteiger partial charge on any atom is -0.353 e. The summed E-state index contributed by atoms with van der Waals surface area (Å²) in [4.78, 5) is 36.6. The molecule has 2 aromatic heterocycles. The van der Waals surface area contributed by atoms with E-state index < -0.39 is 0 Å². The summed E-state index contributed by atoms with van der Waals surface area (Å²) in [6.07, 6.45) is 7.30. The summed E-state index contributed by atoms with van der Waals surface area (Å²) in [7, 11) is 0. The van der Waals surface area contributed by atoms with Gasteiger partial charge >= 0.3 is 6.41 Å². The van der Waals surface area contributed by atoms with Crippen molar-refractivity contribution < 1.29 is 9.59 Å². The number of amides is 1. The Labute approximate surface area is 188 Å². The molecule has 7 nitrogen and oxygen atoms in total. The molecule has 1 aliphatic heterocycles. The van der Waals surface area contributed by atoms with Gasteiger partial charge in [-0.2, -0.15) is 0 Å². The van der Waals surface area contributed by atoms with E-state index in [1.807, 2.05) is 36.7 Å². The number of carbonyl (C=O) groups excluding carboxylic acids is 2. The van der Waals surface area contributed by atoms with Crippen LogP contribution in [0.4, 0.5) is 17.2 Å². The SMILES string of the molecule is O=[C]N1CCN(c2ccc(Nc3c(C(=O)C4CC4)cnc4ccc(Br)cc34)cn2)CC1. The first-order chi connectivity index (χ1) is 15.1. The van der Waals surface area contributed by atoms with Gasteiger partial charge in [-0.3, -0.25) is 14.6 Å². The molecule has 3 heterocycles. The predicted octanol–water partition coefficient (Wildman–Crippen LogP) is 3.92. The number of benzene rings is 1. The first-order valence-electron chi connectivity index (χ1n) is 10.4. The molecule has 1 saturated carbocycles. The van der Waals surface area contributed by atoms with Crippen LogP contribution in [0.5, 0.6) is 0 Å². The lowest BCUT2D eigenvalue weighted by atomic mass is 10.0. The second-order valence-corrected chi connectivity index (χ2v) is 8.86. The first-order valence-corrected chi connectivity index (χ1v) is 11.1. The second kappa shape index (κ2) is 8.26. The lowest BCUT2D eigenvalue weighted by Gasteiger charge is -2.32. The number of hydrogen-bond donors (Lipinski definition) is 1. The Morgan fingerprint density at radius 3 is 2.55 bits per heavy atom. The number of fused-ring (bicyclic) bond motifs is 1. The highest BCUT2D eigenvalue weighted by Crippen LogP contribution is 2.38. The molecule has 0 bridgehead atoms. The zero-order valence-corrected chi connectivity index (χ0v) is 18.4. The number of aromatic nitrogens is 2.